The number of Topliss-reactive ketones (excluding diaryl/α,β-unsaturated/α-hetero) is 1. The molecule has 1 aliphatic rings. The summed E-state index contributed by atoms with van der Waals surface area (Å²) in [5.41, 5.74) is 2.61. The first-order chi connectivity index (χ1) is 9.45. The maximum absolute atomic E-state index is 12.2. The molecule has 0 bridgehead atoms. The highest BCUT2D eigenvalue weighted by Crippen LogP contribution is 2.39. The van der Waals surface area contributed by atoms with Gasteiger partial charge >= 0.3 is 0 Å². The molecule has 20 heavy (non-hydrogen) atoms. The number of benzene rings is 1. The molecule has 0 saturated carbocycles. The van der Waals surface area contributed by atoms with Crippen molar-refractivity contribution in [3.8, 4) is 5.75 Å². The zero-order valence-electron chi connectivity index (χ0n) is 11.8. The van der Waals surface area contributed by atoms with Gasteiger partial charge in [0.2, 0.25) is 11.7 Å². The Kier molecular flexibility index (Phi) is 3.74. The Hall–Kier alpha value is -2.36. The number of methoxy groups -OCH3 is 1. The standard InChI is InChI=1S/C16H17NO3/c1-9-14(12-5-7-13(20-4)8-6-12)10(2)16(19)15(9)17-11(3)18/h5-8,14H,2H2,1,3-4H3,(H,17,18). The number of amides is 1. The zero-order chi connectivity index (χ0) is 14.9. The third kappa shape index (κ3) is 2.37. The van der Waals surface area contributed by atoms with Gasteiger partial charge in [-0.15, -0.1) is 0 Å². The molecule has 2 rings (SSSR count). The van der Waals surface area contributed by atoms with Gasteiger partial charge in [0.05, 0.1) is 12.8 Å². The molecule has 1 N–H and O–H groups in total. The van der Waals surface area contributed by atoms with Crippen LogP contribution in [0.2, 0.25) is 0 Å². The molecule has 1 amide bonds. The number of ether oxygens (including phenoxy) is 1. The minimum absolute atomic E-state index is 0.185. The Morgan fingerprint density at radius 2 is 1.90 bits per heavy atom. The molecule has 0 aliphatic heterocycles. The topological polar surface area (TPSA) is 55.4 Å². The third-order valence-corrected chi connectivity index (χ3v) is 3.44. The normalized spacial score (nSPS) is 18.4. The monoisotopic (exact) mass is 271 g/mol. The maximum atomic E-state index is 12.2. The lowest BCUT2D eigenvalue weighted by Crippen LogP contribution is -2.23. The Morgan fingerprint density at radius 1 is 1.30 bits per heavy atom. The van der Waals surface area contributed by atoms with Crippen molar-refractivity contribution in [1.29, 1.82) is 0 Å². The van der Waals surface area contributed by atoms with E-state index in [-0.39, 0.29) is 17.6 Å². The van der Waals surface area contributed by atoms with Gasteiger partial charge in [-0.2, -0.15) is 0 Å². The molecular weight excluding hydrogens is 254 g/mol. The lowest BCUT2D eigenvalue weighted by atomic mass is 9.90. The van der Waals surface area contributed by atoms with E-state index in [2.05, 4.69) is 11.9 Å². The van der Waals surface area contributed by atoms with Crippen LogP contribution in [0.4, 0.5) is 0 Å². The Balaban J connectivity index is 2.40. The van der Waals surface area contributed by atoms with Crippen LogP contribution < -0.4 is 10.1 Å². The van der Waals surface area contributed by atoms with E-state index in [4.69, 9.17) is 4.74 Å². The van der Waals surface area contributed by atoms with E-state index in [1.807, 2.05) is 31.2 Å². The maximum Gasteiger partial charge on any atom is 0.221 e. The number of hydrogen-bond acceptors (Lipinski definition) is 3. The van der Waals surface area contributed by atoms with Crippen LogP contribution in [0.1, 0.15) is 25.3 Å². The van der Waals surface area contributed by atoms with Crippen molar-refractivity contribution < 1.29 is 14.3 Å². The van der Waals surface area contributed by atoms with Crippen molar-refractivity contribution in [2.45, 2.75) is 19.8 Å². The molecule has 4 heteroatoms. The predicted molar refractivity (Wildman–Crippen MR) is 76.4 cm³/mol. The number of ketones is 1. The molecule has 1 atom stereocenters. The van der Waals surface area contributed by atoms with Gasteiger partial charge in [-0.3, -0.25) is 9.59 Å². The first-order valence-electron chi connectivity index (χ1n) is 6.31. The number of hydrogen-bond donors (Lipinski definition) is 1. The van der Waals surface area contributed by atoms with E-state index >= 15 is 0 Å². The first-order valence-corrected chi connectivity index (χ1v) is 6.31. The van der Waals surface area contributed by atoms with E-state index < -0.39 is 0 Å². The summed E-state index contributed by atoms with van der Waals surface area (Å²) < 4.78 is 5.12. The molecule has 1 aliphatic carbocycles. The highest BCUT2D eigenvalue weighted by molar-refractivity contribution is 6.14. The van der Waals surface area contributed by atoms with Crippen LogP contribution in [-0.4, -0.2) is 18.8 Å². The van der Waals surface area contributed by atoms with Crippen LogP contribution >= 0.6 is 0 Å². The minimum atomic E-state index is -0.254. The van der Waals surface area contributed by atoms with Crippen molar-refractivity contribution in [3.05, 3.63) is 53.3 Å². The average molecular weight is 271 g/mol. The quantitative estimate of drug-likeness (QED) is 0.858. The predicted octanol–water partition coefficient (Wildman–Crippen LogP) is 2.33. The number of rotatable bonds is 3. The molecule has 0 saturated heterocycles. The van der Waals surface area contributed by atoms with Crippen molar-refractivity contribution in [2.24, 2.45) is 0 Å². The molecule has 0 radical (unpaired) electrons. The summed E-state index contributed by atoms with van der Waals surface area (Å²) in [5.74, 6) is 0.122. The van der Waals surface area contributed by atoms with Crippen LogP contribution in [0.15, 0.2) is 47.7 Å². The summed E-state index contributed by atoms with van der Waals surface area (Å²) in [7, 11) is 1.60. The Labute approximate surface area is 118 Å². The number of nitrogens with one attached hydrogen (secondary N) is 1. The molecule has 0 fully saturated rings. The van der Waals surface area contributed by atoms with Gasteiger partial charge < -0.3 is 10.1 Å². The Bertz CT molecular complexity index is 611. The van der Waals surface area contributed by atoms with Gasteiger partial charge in [0.1, 0.15) is 5.75 Å². The lowest BCUT2D eigenvalue weighted by Gasteiger charge is -2.13. The fourth-order valence-corrected chi connectivity index (χ4v) is 2.46. The minimum Gasteiger partial charge on any atom is -0.497 e. The molecule has 0 aromatic heterocycles. The average Bonchev–Trinajstić information content (AvgIpc) is 2.63. The summed E-state index contributed by atoms with van der Waals surface area (Å²) in [5, 5.41) is 2.60. The number of allylic oxidation sites excluding steroid dienone is 2. The second-order valence-electron chi connectivity index (χ2n) is 4.80. The van der Waals surface area contributed by atoms with Crippen LogP contribution in [0.25, 0.3) is 0 Å². The molecule has 4 nitrogen and oxygen atoms in total. The van der Waals surface area contributed by atoms with Gasteiger partial charge in [-0.1, -0.05) is 18.7 Å². The lowest BCUT2D eigenvalue weighted by molar-refractivity contribution is -0.120. The molecule has 1 aromatic carbocycles. The summed E-state index contributed by atoms with van der Waals surface area (Å²) in [6, 6.07) is 7.50. The zero-order valence-corrected chi connectivity index (χ0v) is 11.8. The van der Waals surface area contributed by atoms with E-state index in [1.54, 1.807) is 7.11 Å². The summed E-state index contributed by atoms with van der Waals surface area (Å²) >= 11 is 0. The van der Waals surface area contributed by atoms with Gasteiger partial charge in [0.15, 0.2) is 0 Å². The van der Waals surface area contributed by atoms with Gasteiger partial charge in [0.25, 0.3) is 0 Å². The molecular formula is C16H17NO3. The summed E-state index contributed by atoms with van der Waals surface area (Å²) in [4.78, 5) is 23.3. The number of carbonyl (C=O) groups excluding carboxylic acids is 2. The fraction of sp³-hybridized carbons (Fsp3) is 0.250. The fourth-order valence-electron chi connectivity index (χ4n) is 2.46. The SMILES string of the molecule is C=C1C(=O)C(NC(C)=O)=C(C)C1c1ccc(OC)cc1. The molecule has 0 heterocycles. The van der Waals surface area contributed by atoms with E-state index in [0.717, 1.165) is 16.9 Å². The molecule has 1 aromatic rings. The first kappa shape index (κ1) is 14.1. The molecule has 1 unspecified atom stereocenters. The second-order valence-corrected chi connectivity index (χ2v) is 4.80. The highest BCUT2D eigenvalue weighted by Gasteiger charge is 2.34. The smallest absolute Gasteiger partial charge is 0.221 e. The highest BCUT2D eigenvalue weighted by atomic mass is 16.5. The van der Waals surface area contributed by atoms with E-state index in [0.29, 0.717) is 11.3 Å². The largest absolute Gasteiger partial charge is 0.497 e. The third-order valence-electron chi connectivity index (χ3n) is 3.44. The van der Waals surface area contributed by atoms with Crippen LogP contribution in [-0.2, 0) is 9.59 Å². The molecule has 104 valence electrons. The van der Waals surface area contributed by atoms with Crippen molar-refractivity contribution in [1.82, 2.24) is 5.32 Å². The number of carbonyl (C=O) groups is 2. The van der Waals surface area contributed by atoms with E-state index in [1.165, 1.54) is 6.92 Å². The summed E-state index contributed by atoms with van der Waals surface area (Å²) in [6.45, 7) is 7.10. The van der Waals surface area contributed by atoms with Crippen LogP contribution in [0, 0.1) is 0 Å². The van der Waals surface area contributed by atoms with Gasteiger partial charge in [-0.25, -0.2) is 0 Å². The summed E-state index contributed by atoms with van der Waals surface area (Å²) in [6.07, 6.45) is 0. The van der Waals surface area contributed by atoms with Crippen molar-refractivity contribution in [3.63, 3.8) is 0 Å². The van der Waals surface area contributed by atoms with Crippen molar-refractivity contribution >= 4 is 11.7 Å². The molecule has 0 spiro atoms. The second kappa shape index (κ2) is 5.33. The van der Waals surface area contributed by atoms with Gasteiger partial charge in [0, 0.05) is 18.4 Å². The van der Waals surface area contributed by atoms with Crippen LogP contribution in [0.5, 0.6) is 5.75 Å². The van der Waals surface area contributed by atoms with Crippen molar-refractivity contribution in [2.75, 3.05) is 7.11 Å². The van der Waals surface area contributed by atoms with E-state index in [9.17, 15) is 9.59 Å². The van der Waals surface area contributed by atoms with Crippen LogP contribution in [0.3, 0.4) is 0 Å². The van der Waals surface area contributed by atoms with Gasteiger partial charge in [-0.05, 0) is 30.2 Å². The Morgan fingerprint density at radius 3 is 2.40 bits per heavy atom.